The lowest BCUT2D eigenvalue weighted by Crippen LogP contribution is -1.99. The van der Waals surface area contributed by atoms with Crippen molar-refractivity contribution in [3.63, 3.8) is 0 Å². The second-order valence-corrected chi connectivity index (χ2v) is 9.44. The molecule has 0 N–H and O–H groups in total. The van der Waals surface area contributed by atoms with Gasteiger partial charge in [0.05, 0.1) is 0 Å². The number of unbranched alkanes of at least 4 members (excludes halogenated alkanes) is 9. The van der Waals surface area contributed by atoms with Gasteiger partial charge in [-0.25, -0.2) is 0 Å². The van der Waals surface area contributed by atoms with Crippen molar-refractivity contribution in [2.75, 3.05) is 0 Å². The quantitative estimate of drug-likeness (QED) is 0.203. The van der Waals surface area contributed by atoms with E-state index in [4.69, 9.17) is 0 Å². The van der Waals surface area contributed by atoms with Crippen molar-refractivity contribution in [2.24, 2.45) is 17.8 Å². The maximum absolute atomic E-state index is 2.48. The van der Waals surface area contributed by atoms with Crippen LogP contribution in [-0.4, -0.2) is 0 Å². The highest BCUT2D eigenvalue weighted by molar-refractivity contribution is 4.59. The zero-order valence-electron chi connectivity index (χ0n) is 18.8. The standard InChI is InChI=1S/C25H52/c1-6-7-8-9-10-11-12-13-14-19-24(4)20-15-16-21-25(5)22-17-18-23(2)3/h23-25H,6-22H2,1-5H3. The van der Waals surface area contributed by atoms with Crippen LogP contribution >= 0.6 is 0 Å². The molecule has 0 fully saturated rings. The molecule has 0 nitrogen and oxygen atoms in total. The summed E-state index contributed by atoms with van der Waals surface area (Å²) < 4.78 is 0. The minimum atomic E-state index is 0.883. The molecule has 0 spiro atoms. The van der Waals surface area contributed by atoms with Crippen molar-refractivity contribution in [1.29, 1.82) is 0 Å². The summed E-state index contributed by atoms with van der Waals surface area (Å²) >= 11 is 0. The molecule has 0 heterocycles. The molecule has 0 heteroatoms. The Bertz CT molecular complexity index is 242. The van der Waals surface area contributed by atoms with Crippen LogP contribution in [0.5, 0.6) is 0 Å². The lowest BCUT2D eigenvalue weighted by Gasteiger charge is -2.14. The van der Waals surface area contributed by atoms with E-state index in [0.29, 0.717) is 0 Å². The van der Waals surface area contributed by atoms with Crippen molar-refractivity contribution in [1.82, 2.24) is 0 Å². The van der Waals surface area contributed by atoms with E-state index in [1.54, 1.807) is 0 Å². The largest absolute Gasteiger partial charge is 0.0654 e. The van der Waals surface area contributed by atoms with Crippen molar-refractivity contribution >= 4 is 0 Å². The van der Waals surface area contributed by atoms with Crippen LogP contribution in [0.1, 0.15) is 144 Å². The maximum atomic E-state index is 2.48. The topological polar surface area (TPSA) is 0 Å². The molecule has 0 saturated carbocycles. The first-order valence-corrected chi connectivity index (χ1v) is 12.1. The van der Waals surface area contributed by atoms with E-state index in [9.17, 15) is 0 Å². The Morgan fingerprint density at radius 1 is 0.400 bits per heavy atom. The molecular weight excluding hydrogens is 300 g/mol. The first kappa shape index (κ1) is 25.0. The second kappa shape index (κ2) is 18.8. The normalized spacial score (nSPS) is 14.2. The van der Waals surface area contributed by atoms with Gasteiger partial charge in [-0.1, -0.05) is 144 Å². The molecule has 2 atom stereocenters. The molecule has 0 amide bonds. The fourth-order valence-corrected chi connectivity index (χ4v) is 3.95. The molecule has 0 bridgehead atoms. The van der Waals surface area contributed by atoms with Gasteiger partial charge < -0.3 is 0 Å². The monoisotopic (exact) mass is 352 g/mol. The first-order valence-electron chi connectivity index (χ1n) is 12.1. The molecule has 0 aliphatic heterocycles. The van der Waals surface area contributed by atoms with Crippen LogP contribution in [0.25, 0.3) is 0 Å². The van der Waals surface area contributed by atoms with E-state index >= 15 is 0 Å². The van der Waals surface area contributed by atoms with E-state index in [-0.39, 0.29) is 0 Å². The third kappa shape index (κ3) is 20.2. The number of rotatable bonds is 19. The van der Waals surface area contributed by atoms with Crippen molar-refractivity contribution < 1.29 is 0 Å². The molecule has 0 aromatic heterocycles. The molecule has 152 valence electrons. The molecule has 0 aromatic rings. The highest BCUT2D eigenvalue weighted by Gasteiger charge is 2.05. The molecule has 0 rings (SSSR count). The summed E-state index contributed by atoms with van der Waals surface area (Å²) in [4.78, 5) is 0. The van der Waals surface area contributed by atoms with Gasteiger partial charge in [0.15, 0.2) is 0 Å². The Balaban J connectivity index is 3.29. The Labute approximate surface area is 161 Å². The lowest BCUT2D eigenvalue weighted by atomic mass is 9.92. The zero-order chi connectivity index (χ0) is 18.8. The van der Waals surface area contributed by atoms with Gasteiger partial charge in [0.2, 0.25) is 0 Å². The minimum Gasteiger partial charge on any atom is -0.0654 e. The van der Waals surface area contributed by atoms with Gasteiger partial charge >= 0.3 is 0 Å². The fourth-order valence-electron chi connectivity index (χ4n) is 3.95. The summed E-state index contributed by atoms with van der Waals surface area (Å²) in [5, 5.41) is 0. The summed E-state index contributed by atoms with van der Waals surface area (Å²) in [5.41, 5.74) is 0. The van der Waals surface area contributed by atoms with Gasteiger partial charge in [-0.15, -0.1) is 0 Å². The Morgan fingerprint density at radius 2 is 0.760 bits per heavy atom. The fraction of sp³-hybridized carbons (Fsp3) is 1.00. The van der Waals surface area contributed by atoms with E-state index < -0.39 is 0 Å². The summed E-state index contributed by atoms with van der Waals surface area (Å²) in [7, 11) is 0. The van der Waals surface area contributed by atoms with Crippen LogP contribution < -0.4 is 0 Å². The smallest absolute Gasteiger partial charge is 0.0443 e. The van der Waals surface area contributed by atoms with Crippen molar-refractivity contribution in [3.05, 3.63) is 0 Å². The number of hydrogen-bond acceptors (Lipinski definition) is 0. The summed E-state index contributed by atoms with van der Waals surface area (Å²) in [6.45, 7) is 11.9. The second-order valence-electron chi connectivity index (χ2n) is 9.44. The third-order valence-electron chi connectivity index (χ3n) is 5.92. The third-order valence-corrected chi connectivity index (χ3v) is 5.92. The Hall–Kier alpha value is 0. The highest BCUT2D eigenvalue weighted by Crippen LogP contribution is 2.21. The van der Waals surface area contributed by atoms with Crippen LogP contribution in [0.2, 0.25) is 0 Å². The summed E-state index contributed by atoms with van der Waals surface area (Å²) in [5.74, 6) is 2.79. The van der Waals surface area contributed by atoms with Crippen LogP contribution in [-0.2, 0) is 0 Å². The molecule has 0 aliphatic carbocycles. The van der Waals surface area contributed by atoms with Crippen LogP contribution in [0.4, 0.5) is 0 Å². The molecular formula is C25H52. The van der Waals surface area contributed by atoms with Gasteiger partial charge in [-0.2, -0.15) is 0 Å². The predicted molar refractivity (Wildman–Crippen MR) is 117 cm³/mol. The van der Waals surface area contributed by atoms with E-state index in [0.717, 1.165) is 17.8 Å². The van der Waals surface area contributed by atoms with E-state index in [1.165, 1.54) is 109 Å². The van der Waals surface area contributed by atoms with Crippen LogP contribution in [0.3, 0.4) is 0 Å². The van der Waals surface area contributed by atoms with Crippen LogP contribution in [0.15, 0.2) is 0 Å². The SMILES string of the molecule is CCCCCCCCCCCC(C)CCCCC(C)CCCC(C)C. The van der Waals surface area contributed by atoms with Gasteiger partial charge in [0.25, 0.3) is 0 Å². The molecule has 0 aromatic carbocycles. The predicted octanol–water partition coefficient (Wildman–Crippen LogP) is 9.57. The number of hydrogen-bond donors (Lipinski definition) is 0. The van der Waals surface area contributed by atoms with Gasteiger partial charge in [0, 0.05) is 0 Å². The minimum absolute atomic E-state index is 0.883. The first-order chi connectivity index (χ1) is 12.1. The molecule has 2 unspecified atom stereocenters. The average molecular weight is 353 g/mol. The van der Waals surface area contributed by atoms with E-state index in [2.05, 4.69) is 34.6 Å². The summed E-state index contributed by atoms with van der Waals surface area (Å²) in [6, 6.07) is 0. The Kier molecular flexibility index (Phi) is 18.8. The lowest BCUT2D eigenvalue weighted by molar-refractivity contribution is 0.394. The molecule has 0 radical (unpaired) electrons. The van der Waals surface area contributed by atoms with Crippen molar-refractivity contribution in [2.45, 2.75) is 144 Å². The van der Waals surface area contributed by atoms with Crippen LogP contribution in [0, 0.1) is 17.8 Å². The molecule has 25 heavy (non-hydrogen) atoms. The van der Waals surface area contributed by atoms with E-state index in [1.807, 2.05) is 0 Å². The molecule has 0 aliphatic rings. The Morgan fingerprint density at radius 3 is 1.20 bits per heavy atom. The van der Waals surface area contributed by atoms with Gasteiger partial charge in [-0.3, -0.25) is 0 Å². The zero-order valence-corrected chi connectivity index (χ0v) is 18.8. The van der Waals surface area contributed by atoms with Crippen molar-refractivity contribution in [3.8, 4) is 0 Å². The maximum Gasteiger partial charge on any atom is -0.0443 e. The average Bonchev–Trinajstić information content (AvgIpc) is 2.57. The van der Waals surface area contributed by atoms with Gasteiger partial charge in [-0.05, 0) is 17.8 Å². The highest BCUT2D eigenvalue weighted by atomic mass is 14.1. The molecule has 0 saturated heterocycles. The van der Waals surface area contributed by atoms with Gasteiger partial charge in [0.1, 0.15) is 0 Å². The summed E-state index contributed by atoms with van der Waals surface area (Å²) in [6.07, 6.45) is 24.8.